The van der Waals surface area contributed by atoms with Crippen molar-refractivity contribution in [1.29, 1.82) is 0 Å². The third-order valence-corrected chi connectivity index (χ3v) is 2.92. The highest BCUT2D eigenvalue weighted by molar-refractivity contribution is 6.42. The summed E-state index contributed by atoms with van der Waals surface area (Å²) in [6.45, 7) is 1.53. The molecular formula is C10H8Cl2N2O3. The first-order valence-corrected chi connectivity index (χ1v) is 5.51. The number of nitrogens with one attached hydrogen (secondary N) is 1. The molecule has 1 N–H and O–H groups in total. The molecule has 1 aliphatic rings. The summed E-state index contributed by atoms with van der Waals surface area (Å²) in [6, 6.07) is 3.92. The van der Waals surface area contributed by atoms with Gasteiger partial charge in [-0.2, -0.15) is 5.06 Å². The van der Waals surface area contributed by atoms with Gasteiger partial charge in [0.1, 0.15) is 0 Å². The average molecular weight is 275 g/mol. The van der Waals surface area contributed by atoms with Crippen molar-refractivity contribution in [2.75, 3.05) is 5.06 Å². The predicted molar refractivity (Wildman–Crippen MR) is 63.0 cm³/mol. The minimum Gasteiger partial charge on any atom is -0.273 e. The molecule has 1 atom stereocenters. The Kier molecular flexibility index (Phi) is 3.24. The van der Waals surface area contributed by atoms with Gasteiger partial charge in [-0.05, 0) is 25.1 Å². The molecule has 7 heteroatoms. The maximum Gasteiger partial charge on any atom is 0.352 e. The van der Waals surface area contributed by atoms with Crippen molar-refractivity contribution in [2.24, 2.45) is 0 Å². The van der Waals surface area contributed by atoms with E-state index in [0.717, 1.165) is 5.06 Å². The number of hydrogen-bond acceptors (Lipinski definition) is 3. The van der Waals surface area contributed by atoms with Crippen LogP contribution in [-0.2, 0) is 9.63 Å². The number of urea groups is 1. The summed E-state index contributed by atoms with van der Waals surface area (Å²) in [5, 5.41) is 3.79. The number of amides is 3. The van der Waals surface area contributed by atoms with Gasteiger partial charge in [-0.15, -0.1) is 0 Å². The third-order valence-electron chi connectivity index (χ3n) is 2.19. The Morgan fingerprint density at radius 1 is 1.29 bits per heavy atom. The predicted octanol–water partition coefficient (Wildman–Crippen LogP) is 2.37. The molecule has 0 radical (unpaired) electrons. The molecule has 1 heterocycles. The van der Waals surface area contributed by atoms with E-state index in [-0.39, 0.29) is 0 Å². The molecule has 5 nitrogen and oxygen atoms in total. The Morgan fingerprint density at radius 3 is 2.65 bits per heavy atom. The molecule has 0 spiro atoms. The van der Waals surface area contributed by atoms with E-state index >= 15 is 0 Å². The van der Waals surface area contributed by atoms with Gasteiger partial charge >= 0.3 is 6.03 Å². The minimum absolute atomic E-state index is 0.296. The van der Waals surface area contributed by atoms with Crippen LogP contribution >= 0.6 is 23.2 Å². The molecule has 0 aliphatic carbocycles. The van der Waals surface area contributed by atoms with Crippen LogP contribution in [0.2, 0.25) is 10.0 Å². The van der Waals surface area contributed by atoms with Crippen LogP contribution in [0, 0.1) is 0 Å². The molecule has 0 saturated carbocycles. The van der Waals surface area contributed by atoms with Crippen LogP contribution in [0.3, 0.4) is 0 Å². The monoisotopic (exact) mass is 274 g/mol. The van der Waals surface area contributed by atoms with Crippen LogP contribution < -0.4 is 10.4 Å². The van der Waals surface area contributed by atoms with Gasteiger partial charge in [0.15, 0.2) is 6.10 Å². The minimum atomic E-state index is -0.748. The van der Waals surface area contributed by atoms with Gasteiger partial charge < -0.3 is 0 Å². The highest BCUT2D eigenvalue weighted by atomic mass is 35.5. The Labute approximate surface area is 107 Å². The smallest absolute Gasteiger partial charge is 0.273 e. The fourth-order valence-electron chi connectivity index (χ4n) is 1.30. The van der Waals surface area contributed by atoms with Crippen molar-refractivity contribution in [3.05, 3.63) is 28.2 Å². The molecule has 1 aromatic rings. The molecule has 0 aromatic heterocycles. The number of carbonyl (C=O) groups is 2. The Morgan fingerprint density at radius 2 is 2.00 bits per heavy atom. The molecule has 90 valence electrons. The fraction of sp³-hybridized carbons (Fsp3) is 0.200. The van der Waals surface area contributed by atoms with Crippen LogP contribution in [0.4, 0.5) is 10.5 Å². The highest BCUT2D eigenvalue weighted by Crippen LogP contribution is 2.28. The molecule has 1 fully saturated rings. The number of anilines is 1. The summed E-state index contributed by atoms with van der Waals surface area (Å²) >= 11 is 11.6. The summed E-state index contributed by atoms with van der Waals surface area (Å²) in [4.78, 5) is 27.9. The Balaban J connectivity index is 2.30. The van der Waals surface area contributed by atoms with Gasteiger partial charge in [-0.3, -0.25) is 14.9 Å². The number of halogens is 2. The van der Waals surface area contributed by atoms with Gasteiger partial charge in [0, 0.05) is 0 Å². The maximum absolute atomic E-state index is 11.5. The lowest BCUT2D eigenvalue weighted by Gasteiger charge is -2.29. The van der Waals surface area contributed by atoms with E-state index in [1.54, 1.807) is 6.07 Å². The van der Waals surface area contributed by atoms with Crippen LogP contribution in [0.25, 0.3) is 0 Å². The number of imide groups is 1. The summed E-state index contributed by atoms with van der Waals surface area (Å²) < 4.78 is 0. The van der Waals surface area contributed by atoms with Crippen molar-refractivity contribution in [1.82, 2.24) is 5.32 Å². The van der Waals surface area contributed by atoms with E-state index in [2.05, 4.69) is 5.32 Å². The standard InChI is InChI=1S/C10H8Cl2N2O3/c1-5-9(15)13-10(16)14(17-5)6-2-3-7(11)8(12)4-6/h2-5H,1H3,(H,13,15,16)/t5-/m0/s1. The second kappa shape index (κ2) is 4.52. The second-order valence-electron chi connectivity index (χ2n) is 3.43. The second-order valence-corrected chi connectivity index (χ2v) is 4.25. The molecule has 0 unspecified atom stereocenters. The SMILES string of the molecule is C[C@@H]1ON(c2ccc(Cl)c(Cl)c2)C(=O)NC1=O. The number of hydroxylamine groups is 1. The zero-order valence-corrected chi connectivity index (χ0v) is 10.2. The summed E-state index contributed by atoms with van der Waals surface area (Å²) in [7, 11) is 0. The van der Waals surface area contributed by atoms with Crippen molar-refractivity contribution >= 4 is 40.8 Å². The molecular weight excluding hydrogens is 267 g/mol. The molecule has 1 aromatic carbocycles. The lowest BCUT2D eigenvalue weighted by atomic mass is 10.3. The Bertz CT molecular complexity index is 492. The molecule has 2 rings (SSSR count). The fourth-order valence-corrected chi connectivity index (χ4v) is 1.59. The number of hydrogen-bond donors (Lipinski definition) is 1. The molecule has 3 amide bonds. The van der Waals surface area contributed by atoms with E-state index in [0.29, 0.717) is 15.7 Å². The van der Waals surface area contributed by atoms with Gasteiger partial charge in [-0.25, -0.2) is 4.79 Å². The van der Waals surface area contributed by atoms with Crippen molar-refractivity contribution in [3.63, 3.8) is 0 Å². The highest BCUT2D eigenvalue weighted by Gasteiger charge is 2.31. The largest absolute Gasteiger partial charge is 0.352 e. The first-order valence-electron chi connectivity index (χ1n) is 4.76. The maximum atomic E-state index is 11.5. The zero-order chi connectivity index (χ0) is 12.6. The normalized spacial score (nSPS) is 20.4. The van der Waals surface area contributed by atoms with Gasteiger partial charge in [0.2, 0.25) is 0 Å². The van der Waals surface area contributed by atoms with E-state index < -0.39 is 18.0 Å². The van der Waals surface area contributed by atoms with E-state index in [1.165, 1.54) is 19.1 Å². The van der Waals surface area contributed by atoms with Crippen LogP contribution in [0.15, 0.2) is 18.2 Å². The molecule has 17 heavy (non-hydrogen) atoms. The topological polar surface area (TPSA) is 58.6 Å². The molecule has 0 bridgehead atoms. The van der Waals surface area contributed by atoms with Crippen molar-refractivity contribution < 1.29 is 14.4 Å². The number of nitrogens with zero attached hydrogens (tertiary/aromatic N) is 1. The van der Waals surface area contributed by atoms with E-state index in [4.69, 9.17) is 28.0 Å². The lowest BCUT2D eigenvalue weighted by Crippen LogP contribution is -2.54. The average Bonchev–Trinajstić information content (AvgIpc) is 2.27. The summed E-state index contributed by atoms with van der Waals surface area (Å²) in [6.07, 6.45) is -0.748. The van der Waals surface area contributed by atoms with Gasteiger partial charge in [0.05, 0.1) is 15.7 Å². The zero-order valence-electron chi connectivity index (χ0n) is 8.74. The quantitative estimate of drug-likeness (QED) is 0.855. The first kappa shape index (κ1) is 12.2. The lowest BCUT2D eigenvalue weighted by molar-refractivity contribution is -0.133. The van der Waals surface area contributed by atoms with Gasteiger partial charge in [-0.1, -0.05) is 23.2 Å². The van der Waals surface area contributed by atoms with E-state index in [1.807, 2.05) is 0 Å². The van der Waals surface area contributed by atoms with Crippen molar-refractivity contribution in [2.45, 2.75) is 13.0 Å². The third kappa shape index (κ3) is 2.36. The first-order chi connectivity index (χ1) is 7.99. The number of benzene rings is 1. The van der Waals surface area contributed by atoms with Gasteiger partial charge in [0.25, 0.3) is 5.91 Å². The number of rotatable bonds is 1. The summed E-state index contributed by atoms with van der Waals surface area (Å²) in [5.41, 5.74) is 0.399. The van der Waals surface area contributed by atoms with E-state index in [9.17, 15) is 9.59 Å². The molecule has 1 aliphatic heterocycles. The van der Waals surface area contributed by atoms with Crippen molar-refractivity contribution in [3.8, 4) is 0 Å². The number of carbonyl (C=O) groups excluding carboxylic acids is 2. The molecule has 1 saturated heterocycles. The Hall–Kier alpha value is -1.30. The summed E-state index contributed by atoms with van der Waals surface area (Å²) in [5.74, 6) is -0.480. The van der Waals surface area contributed by atoms with Crippen LogP contribution in [-0.4, -0.2) is 18.0 Å². The van der Waals surface area contributed by atoms with Crippen LogP contribution in [0.5, 0.6) is 0 Å². The van der Waals surface area contributed by atoms with Crippen LogP contribution in [0.1, 0.15) is 6.92 Å².